The largest absolute Gasteiger partial charge is 0.476 e. The standard InChI is InChI=1S/C15H19ClN4O/c1-3-12-19-14(13(17)15(20-12)21-4-2)18-9-10-5-7-11(16)8-6-10/h5-8H,3-4,9,17H2,1-2H3,(H,18,19,20). The second kappa shape index (κ2) is 7.13. The van der Waals surface area contributed by atoms with E-state index in [1.807, 2.05) is 38.1 Å². The predicted octanol–water partition coefficient (Wildman–Crippen LogP) is 3.29. The van der Waals surface area contributed by atoms with Gasteiger partial charge in [0.1, 0.15) is 11.5 Å². The van der Waals surface area contributed by atoms with Gasteiger partial charge in [-0.05, 0) is 24.6 Å². The molecule has 0 saturated carbocycles. The number of anilines is 2. The van der Waals surface area contributed by atoms with Crippen molar-refractivity contribution in [2.45, 2.75) is 26.8 Å². The summed E-state index contributed by atoms with van der Waals surface area (Å²) in [6.45, 7) is 5.01. The zero-order valence-electron chi connectivity index (χ0n) is 12.2. The number of nitrogens with zero attached hydrogens (tertiary/aromatic N) is 2. The molecule has 1 aromatic carbocycles. The first-order valence-corrected chi connectivity index (χ1v) is 7.29. The Hall–Kier alpha value is -2.01. The minimum absolute atomic E-state index is 0.433. The SMILES string of the molecule is CCOc1nc(CC)nc(NCc2ccc(Cl)cc2)c1N. The lowest BCUT2D eigenvalue weighted by Gasteiger charge is -2.13. The topological polar surface area (TPSA) is 73.1 Å². The number of rotatable bonds is 6. The quantitative estimate of drug-likeness (QED) is 0.856. The number of nitrogens with two attached hydrogens (primary N) is 1. The van der Waals surface area contributed by atoms with Crippen molar-refractivity contribution in [2.75, 3.05) is 17.7 Å². The molecule has 0 fully saturated rings. The fourth-order valence-corrected chi connectivity index (χ4v) is 1.95. The maximum absolute atomic E-state index is 6.05. The van der Waals surface area contributed by atoms with Gasteiger partial charge in [-0.15, -0.1) is 0 Å². The van der Waals surface area contributed by atoms with Crippen molar-refractivity contribution in [3.63, 3.8) is 0 Å². The highest BCUT2D eigenvalue weighted by Gasteiger charge is 2.12. The van der Waals surface area contributed by atoms with Crippen molar-refractivity contribution in [2.24, 2.45) is 0 Å². The first-order valence-electron chi connectivity index (χ1n) is 6.91. The molecule has 0 aliphatic rings. The van der Waals surface area contributed by atoms with Crippen LogP contribution in [0, 0.1) is 0 Å². The second-order valence-electron chi connectivity index (χ2n) is 4.47. The molecule has 0 radical (unpaired) electrons. The number of aromatic nitrogens is 2. The predicted molar refractivity (Wildman–Crippen MR) is 85.8 cm³/mol. The Labute approximate surface area is 129 Å². The van der Waals surface area contributed by atoms with Crippen molar-refractivity contribution in [1.82, 2.24) is 9.97 Å². The van der Waals surface area contributed by atoms with Crippen molar-refractivity contribution in [3.05, 3.63) is 40.7 Å². The normalized spacial score (nSPS) is 10.4. The number of nitrogens with one attached hydrogen (secondary N) is 1. The lowest BCUT2D eigenvalue weighted by molar-refractivity contribution is 0.327. The molecule has 6 heteroatoms. The summed E-state index contributed by atoms with van der Waals surface area (Å²) in [6, 6.07) is 7.61. The van der Waals surface area contributed by atoms with Gasteiger partial charge in [-0.2, -0.15) is 4.98 Å². The second-order valence-corrected chi connectivity index (χ2v) is 4.91. The molecule has 0 aliphatic heterocycles. The van der Waals surface area contributed by atoms with E-state index in [0.717, 1.165) is 12.0 Å². The minimum Gasteiger partial charge on any atom is -0.476 e. The Balaban J connectivity index is 2.18. The number of nitrogen functional groups attached to an aromatic ring is 1. The first-order chi connectivity index (χ1) is 10.1. The maximum Gasteiger partial charge on any atom is 0.242 e. The van der Waals surface area contributed by atoms with E-state index in [1.54, 1.807) is 0 Å². The van der Waals surface area contributed by atoms with Gasteiger partial charge in [-0.3, -0.25) is 0 Å². The van der Waals surface area contributed by atoms with Crippen LogP contribution < -0.4 is 15.8 Å². The van der Waals surface area contributed by atoms with E-state index in [0.29, 0.717) is 41.4 Å². The van der Waals surface area contributed by atoms with Crippen LogP contribution in [0.2, 0.25) is 5.02 Å². The van der Waals surface area contributed by atoms with E-state index in [-0.39, 0.29) is 0 Å². The highest BCUT2D eigenvalue weighted by atomic mass is 35.5. The number of ether oxygens (including phenoxy) is 1. The van der Waals surface area contributed by atoms with E-state index >= 15 is 0 Å². The lowest BCUT2D eigenvalue weighted by Crippen LogP contribution is -2.10. The summed E-state index contributed by atoms with van der Waals surface area (Å²) in [5, 5.41) is 3.94. The van der Waals surface area contributed by atoms with Gasteiger partial charge in [0.2, 0.25) is 5.88 Å². The molecular formula is C15H19ClN4O. The van der Waals surface area contributed by atoms with Crippen LogP contribution in [0.4, 0.5) is 11.5 Å². The maximum atomic E-state index is 6.05. The highest BCUT2D eigenvalue weighted by Crippen LogP contribution is 2.26. The van der Waals surface area contributed by atoms with Crippen LogP contribution >= 0.6 is 11.6 Å². The Morgan fingerprint density at radius 1 is 1.19 bits per heavy atom. The summed E-state index contributed by atoms with van der Waals surface area (Å²) >= 11 is 5.87. The third-order valence-electron chi connectivity index (χ3n) is 2.93. The molecule has 0 atom stereocenters. The summed E-state index contributed by atoms with van der Waals surface area (Å²) in [6.07, 6.45) is 0.718. The Kier molecular flexibility index (Phi) is 5.22. The number of benzene rings is 1. The average molecular weight is 307 g/mol. The smallest absolute Gasteiger partial charge is 0.242 e. The summed E-state index contributed by atoms with van der Waals surface area (Å²) in [5.41, 5.74) is 7.57. The van der Waals surface area contributed by atoms with Gasteiger partial charge in [0, 0.05) is 18.0 Å². The molecule has 3 N–H and O–H groups in total. The molecule has 5 nitrogen and oxygen atoms in total. The van der Waals surface area contributed by atoms with E-state index in [1.165, 1.54) is 0 Å². The number of aryl methyl sites for hydroxylation is 1. The Morgan fingerprint density at radius 2 is 1.90 bits per heavy atom. The van der Waals surface area contributed by atoms with Crippen molar-refractivity contribution >= 4 is 23.1 Å². The molecular weight excluding hydrogens is 288 g/mol. The van der Waals surface area contributed by atoms with Crippen molar-refractivity contribution < 1.29 is 4.74 Å². The molecule has 0 unspecified atom stereocenters. The fourth-order valence-electron chi connectivity index (χ4n) is 1.82. The molecule has 2 rings (SSSR count). The van der Waals surface area contributed by atoms with Gasteiger partial charge < -0.3 is 15.8 Å². The fraction of sp³-hybridized carbons (Fsp3) is 0.333. The molecule has 112 valence electrons. The zero-order valence-corrected chi connectivity index (χ0v) is 12.9. The summed E-state index contributed by atoms with van der Waals surface area (Å²) in [5.74, 6) is 1.73. The lowest BCUT2D eigenvalue weighted by atomic mass is 10.2. The van der Waals surface area contributed by atoms with E-state index in [9.17, 15) is 0 Å². The van der Waals surface area contributed by atoms with E-state index in [4.69, 9.17) is 22.1 Å². The van der Waals surface area contributed by atoms with Crippen LogP contribution in [0.3, 0.4) is 0 Å². The molecule has 0 spiro atoms. The number of halogens is 1. The molecule has 0 amide bonds. The van der Waals surface area contributed by atoms with Gasteiger partial charge in [-0.25, -0.2) is 4.98 Å². The highest BCUT2D eigenvalue weighted by molar-refractivity contribution is 6.30. The van der Waals surface area contributed by atoms with Crippen molar-refractivity contribution in [1.29, 1.82) is 0 Å². The summed E-state index contributed by atoms with van der Waals surface area (Å²) < 4.78 is 5.45. The molecule has 2 aromatic rings. The van der Waals surface area contributed by atoms with Crippen LogP contribution in [0.1, 0.15) is 25.2 Å². The summed E-state index contributed by atoms with van der Waals surface area (Å²) in [4.78, 5) is 8.70. The van der Waals surface area contributed by atoms with Crippen LogP contribution in [0.25, 0.3) is 0 Å². The van der Waals surface area contributed by atoms with Gasteiger partial charge >= 0.3 is 0 Å². The van der Waals surface area contributed by atoms with Crippen LogP contribution in [0.15, 0.2) is 24.3 Å². The third kappa shape index (κ3) is 3.98. The van der Waals surface area contributed by atoms with Crippen molar-refractivity contribution in [3.8, 4) is 5.88 Å². The number of hydrogen-bond donors (Lipinski definition) is 2. The van der Waals surface area contributed by atoms with Gasteiger partial charge in [0.25, 0.3) is 0 Å². The Morgan fingerprint density at radius 3 is 2.52 bits per heavy atom. The van der Waals surface area contributed by atoms with E-state index in [2.05, 4.69) is 15.3 Å². The molecule has 1 heterocycles. The van der Waals surface area contributed by atoms with Crippen LogP contribution in [-0.4, -0.2) is 16.6 Å². The molecule has 0 aliphatic carbocycles. The minimum atomic E-state index is 0.433. The van der Waals surface area contributed by atoms with Crippen LogP contribution in [0.5, 0.6) is 5.88 Å². The van der Waals surface area contributed by atoms with E-state index < -0.39 is 0 Å². The molecule has 0 bridgehead atoms. The van der Waals surface area contributed by atoms with Gasteiger partial charge in [-0.1, -0.05) is 30.7 Å². The number of hydrogen-bond acceptors (Lipinski definition) is 5. The zero-order chi connectivity index (χ0) is 15.2. The first kappa shape index (κ1) is 15.4. The average Bonchev–Trinajstić information content (AvgIpc) is 2.50. The molecule has 1 aromatic heterocycles. The summed E-state index contributed by atoms with van der Waals surface area (Å²) in [7, 11) is 0. The van der Waals surface area contributed by atoms with Gasteiger partial charge in [0.05, 0.1) is 6.61 Å². The molecule has 0 saturated heterocycles. The molecule has 21 heavy (non-hydrogen) atoms. The monoisotopic (exact) mass is 306 g/mol. The Bertz CT molecular complexity index is 601. The third-order valence-corrected chi connectivity index (χ3v) is 3.18. The van der Waals surface area contributed by atoms with Crippen LogP contribution in [-0.2, 0) is 13.0 Å². The van der Waals surface area contributed by atoms with Gasteiger partial charge in [0.15, 0.2) is 5.82 Å².